The SMILES string of the molecule is CCN(CCOC)C(CN)c1cc(Cl)c2c(c1)OCCO2. The molecule has 2 N–H and O–H groups in total. The average molecular weight is 315 g/mol. The third kappa shape index (κ3) is 3.80. The van der Waals surface area contributed by atoms with Gasteiger partial charge < -0.3 is 19.9 Å². The van der Waals surface area contributed by atoms with Gasteiger partial charge in [-0.1, -0.05) is 18.5 Å². The normalized spacial score (nSPS) is 15.3. The van der Waals surface area contributed by atoms with Gasteiger partial charge in [-0.2, -0.15) is 0 Å². The zero-order valence-electron chi connectivity index (χ0n) is 12.6. The Hall–Kier alpha value is -1.01. The predicted molar refractivity (Wildman–Crippen MR) is 83.4 cm³/mol. The molecule has 1 aliphatic heterocycles. The summed E-state index contributed by atoms with van der Waals surface area (Å²) < 4.78 is 16.4. The van der Waals surface area contributed by atoms with E-state index in [4.69, 9.17) is 31.5 Å². The summed E-state index contributed by atoms with van der Waals surface area (Å²) in [5.74, 6) is 1.33. The molecule has 5 nitrogen and oxygen atoms in total. The van der Waals surface area contributed by atoms with E-state index in [0.717, 1.165) is 18.7 Å². The molecule has 118 valence electrons. The molecule has 6 heteroatoms. The summed E-state index contributed by atoms with van der Waals surface area (Å²) in [6, 6.07) is 3.98. The van der Waals surface area contributed by atoms with Crippen LogP contribution in [-0.4, -0.2) is 51.5 Å². The van der Waals surface area contributed by atoms with E-state index in [2.05, 4.69) is 11.8 Å². The van der Waals surface area contributed by atoms with Crippen molar-refractivity contribution in [3.63, 3.8) is 0 Å². The first-order valence-corrected chi connectivity index (χ1v) is 7.61. The predicted octanol–water partition coefficient (Wildman–Crippen LogP) is 2.08. The summed E-state index contributed by atoms with van der Waals surface area (Å²) in [5.41, 5.74) is 7.03. The summed E-state index contributed by atoms with van der Waals surface area (Å²) >= 11 is 6.31. The largest absolute Gasteiger partial charge is 0.486 e. The zero-order chi connectivity index (χ0) is 15.2. The van der Waals surface area contributed by atoms with Gasteiger partial charge in [0.15, 0.2) is 11.5 Å². The maximum absolute atomic E-state index is 6.31. The van der Waals surface area contributed by atoms with Crippen molar-refractivity contribution in [1.29, 1.82) is 0 Å². The summed E-state index contributed by atoms with van der Waals surface area (Å²) in [5, 5.41) is 0.573. The molecule has 0 aromatic heterocycles. The average Bonchev–Trinajstić information content (AvgIpc) is 2.51. The highest BCUT2D eigenvalue weighted by molar-refractivity contribution is 6.32. The van der Waals surface area contributed by atoms with Gasteiger partial charge in [-0.3, -0.25) is 4.90 Å². The van der Waals surface area contributed by atoms with Crippen LogP contribution in [0.5, 0.6) is 11.5 Å². The first-order valence-electron chi connectivity index (χ1n) is 7.23. The number of benzene rings is 1. The Labute approximate surface area is 130 Å². The van der Waals surface area contributed by atoms with Gasteiger partial charge in [-0.05, 0) is 24.2 Å². The molecule has 0 spiro atoms. The number of ether oxygens (including phenoxy) is 3. The Bertz CT molecular complexity index is 470. The first-order chi connectivity index (χ1) is 10.2. The van der Waals surface area contributed by atoms with Crippen molar-refractivity contribution < 1.29 is 14.2 Å². The van der Waals surface area contributed by atoms with Crippen LogP contribution in [0, 0.1) is 0 Å². The summed E-state index contributed by atoms with van der Waals surface area (Å²) in [6.45, 7) is 6.06. The van der Waals surface area contributed by atoms with E-state index in [9.17, 15) is 0 Å². The van der Waals surface area contributed by atoms with Gasteiger partial charge in [-0.15, -0.1) is 0 Å². The highest BCUT2D eigenvalue weighted by atomic mass is 35.5. The standard InChI is InChI=1S/C15H23ClN2O3/c1-3-18(4-5-19-2)13(10-17)11-8-12(16)15-14(9-11)20-6-7-21-15/h8-9,13H,3-7,10,17H2,1-2H3. The third-order valence-corrected chi connectivity index (χ3v) is 3.94. The number of nitrogens with two attached hydrogens (primary N) is 1. The highest BCUT2D eigenvalue weighted by Crippen LogP contribution is 2.40. The monoisotopic (exact) mass is 314 g/mol. The minimum absolute atomic E-state index is 0.0819. The molecule has 1 aromatic rings. The van der Waals surface area contributed by atoms with Gasteiger partial charge in [-0.25, -0.2) is 0 Å². The Morgan fingerprint density at radius 1 is 1.38 bits per heavy atom. The molecule has 1 unspecified atom stereocenters. The lowest BCUT2D eigenvalue weighted by atomic mass is 10.0. The van der Waals surface area contributed by atoms with Crippen LogP contribution in [0.1, 0.15) is 18.5 Å². The number of hydrogen-bond acceptors (Lipinski definition) is 5. The lowest BCUT2D eigenvalue weighted by Crippen LogP contribution is -2.36. The van der Waals surface area contributed by atoms with E-state index in [1.54, 1.807) is 7.11 Å². The van der Waals surface area contributed by atoms with Crippen LogP contribution in [0.25, 0.3) is 0 Å². The summed E-state index contributed by atoms with van der Waals surface area (Å²) in [4.78, 5) is 2.27. The molecule has 0 fully saturated rings. The minimum atomic E-state index is 0.0819. The fourth-order valence-corrected chi connectivity index (χ4v) is 2.84. The highest BCUT2D eigenvalue weighted by Gasteiger charge is 2.23. The Kier molecular flexibility index (Phi) is 6.11. The lowest BCUT2D eigenvalue weighted by Gasteiger charge is -2.31. The second kappa shape index (κ2) is 7.84. The van der Waals surface area contributed by atoms with Crippen molar-refractivity contribution in [3.05, 3.63) is 22.7 Å². The van der Waals surface area contributed by atoms with Crippen molar-refractivity contribution in [3.8, 4) is 11.5 Å². The minimum Gasteiger partial charge on any atom is -0.486 e. The summed E-state index contributed by atoms with van der Waals surface area (Å²) in [7, 11) is 1.70. The van der Waals surface area contributed by atoms with Gasteiger partial charge in [0, 0.05) is 26.2 Å². The molecule has 1 atom stereocenters. The van der Waals surface area contributed by atoms with Crippen molar-refractivity contribution in [2.45, 2.75) is 13.0 Å². The van der Waals surface area contributed by atoms with Gasteiger partial charge in [0.2, 0.25) is 0 Å². The molecule has 0 radical (unpaired) electrons. The van der Waals surface area contributed by atoms with Crippen molar-refractivity contribution in [2.24, 2.45) is 5.73 Å². The number of methoxy groups -OCH3 is 1. The number of hydrogen-bond donors (Lipinski definition) is 1. The van der Waals surface area contributed by atoms with Crippen LogP contribution in [0.3, 0.4) is 0 Å². The van der Waals surface area contributed by atoms with E-state index in [1.165, 1.54) is 0 Å². The quantitative estimate of drug-likeness (QED) is 0.835. The number of fused-ring (bicyclic) bond motifs is 1. The smallest absolute Gasteiger partial charge is 0.179 e. The second-order valence-corrected chi connectivity index (χ2v) is 5.31. The molecule has 1 heterocycles. The van der Waals surface area contributed by atoms with E-state index in [-0.39, 0.29) is 6.04 Å². The number of halogens is 1. The van der Waals surface area contributed by atoms with Crippen LogP contribution >= 0.6 is 11.6 Å². The Morgan fingerprint density at radius 3 is 2.81 bits per heavy atom. The van der Waals surface area contributed by atoms with Crippen LogP contribution < -0.4 is 15.2 Å². The Balaban J connectivity index is 2.26. The first kappa shape index (κ1) is 16.4. The van der Waals surface area contributed by atoms with E-state index in [1.807, 2.05) is 12.1 Å². The molecule has 2 rings (SSSR count). The molecule has 21 heavy (non-hydrogen) atoms. The van der Waals surface area contributed by atoms with E-state index < -0.39 is 0 Å². The Morgan fingerprint density at radius 2 is 2.14 bits per heavy atom. The van der Waals surface area contributed by atoms with Crippen LogP contribution in [0.15, 0.2) is 12.1 Å². The molecule has 0 amide bonds. The topological polar surface area (TPSA) is 57.0 Å². The molecule has 0 bridgehead atoms. The van der Waals surface area contributed by atoms with E-state index >= 15 is 0 Å². The van der Waals surface area contributed by atoms with E-state index in [0.29, 0.717) is 42.9 Å². The number of likely N-dealkylation sites (N-methyl/N-ethyl adjacent to an activating group) is 1. The molecule has 0 saturated heterocycles. The van der Waals surface area contributed by atoms with Crippen molar-refractivity contribution in [2.75, 3.05) is 46.6 Å². The fraction of sp³-hybridized carbons (Fsp3) is 0.600. The molecular weight excluding hydrogens is 292 g/mol. The number of nitrogens with zero attached hydrogens (tertiary/aromatic N) is 1. The fourth-order valence-electron chi connectivity index (χ4n) is 2.56. The molecule has 1 aromatic carbocycles. The zero-order valence-corrected chi connectivity index (χ0v) is 13.4. The maximum Gasteiger partial charge on any atom is 0.179 e. The van der Waals surface area contributed by atoms with Crippen LogP contribution in [0.2, 0.25) is 5.02 Å². The molecular formula is C15H23ClN2O3. The molecule has 0 saturated carbocycles. The number of rotatable bonds is 7. The van der Waals surface area contributed by atoms with Gasteiger partial charge >= 0.3 is 0 Å². The van der Waals surface area contributed by atoms with Gasteiger partial charge in [0.25, 0.3) is 0 Å². The third-order valence-electron chi connectivity index (χ3n) is 3.66. The van der Waals surface area contributed by atoms with Crippen molar-refractivity contribution in [1.82, 2.24) is 4.90 Å². The molecule has 1 aliphatic rings. The van der Waals surface area contributed by atoms with Crippen LogP contribution in [-0.2, 0) is 4.74 Å². The molecule has 0 aliphatic carbocycles. The van der Waals surface area contributed by atoms with Gasteiger partial charge in [0.05, 0.1) is 11.6 Å². The maximum atomic E-state index is 6.31. The van der Waals surface area contributed by atoms with Crippen molar-refractivity contribution >= 4 is 11.6 Å². The summed E-state index contributed by atoms with van der Waals surface area (Å²) in [6.07, 6.45) is 0. The lowest BCUT2D eigenvalue weighted by molar-refractivity contribution is 0.125. The van der Waals surface area contributed by atoms with Gasteiger partial charge in [0.1, 0.15) is 13.2 Å². The van der Waals surface area contributed by atoms with Crippen LogP contribution in [0.4, 0.5) is 0 Å². The second-order valence-electron chi connectivity index (χ2n) is 4.90.